The predicted octanol–water partition coefficient (Wildman–Crippen LogP) is 3.51. The number of carbonyl (C=O) groups is 3. The molecule has 1 fully saturated rings. The number of rotatable bonds is 7. The Balaban J connectivity index is 1.38. The van der Waals surface area contributed by atoms with Crippen molar-refractivity contribution < 1.29 is 14.4 Å². The molecule has 31 heavy (non-hydrogen) atoms. The first-order chi connectivity index (χ1) is 15.0. The summed E-state index contributed by atoms with van der Waals surface area (Å²) in [6, 6.07) is 20.9. The lowest BCUT2D eigenvalue weighted by Gasteiger charge is -2.22. The van der Waals surface area contributed by atoms with Gasteiger partial charge in [-0.2, -0.15) is 0 Å². The van der Waals surface area contributed by atoms with E-state index in [-0.39, 0.29) is 36.9 Å². The maximum absolute atomic E-state index is 13.3. The van der Waals surface area contributed by atoms with Crippen molar-refractivity contribution >= 4 is 34.2 Å². The smallest absolute Gasteiger partial charge is 0.255 e. The number of hydrogen-bond donors (Lipinski definition) is 2. The Kier molecular flexibility index (Phi) is 5.98. The molecule has 0 bridgehead atoms. The van der Waals surface area contributed by atoms with Crippen molar-refractivity contribution in [1.29, 1.82) is 0 Å². The zero-order valence-corrected chi connectivity index (χ0v) is 17.4. The maximum Gasteiger partial charge on any atom is 0.255 e. The Morgan fingerprint density at radius 3 is 2.45 bits per heavy atom. The Morgan fingerprint density at radius 2 is 1.68 bits per heavy atom. The molecule has 0 radical (unpaired) electrons. The van der Waals surface area contributed by atoms with E-state index in [2.05, 4.69) is 10.6 Å². The third-order valence-corrected chi connectivity index (χ3v) is 5.33. The molecular weight excluding hydrogens is 390 g/mol. The van der Waals surface area contributed by atoms with Crippen molar-refractivity contribution in [2.24, 2.45) is 0 Å². The highest BCUT2D eigenvalue weighted by Gasteiger charge is 2.34. The van der Waals surface area contributed by atoms with E-state index in [1.807, 2.05) is 61.5 Å². The zero-order valence-electron chi connectivity index (χ0n) is 17.4. The van der Waals surface area contributed by atoms with Crippen molar-refractivity contribution in [2.45, 2.75) is 25.8 Å². The summed E-state index contributed by atoms with van der Waals surface area (Å²) in [5.41, 5.74) is 2.31. The summed E-state index contributed by atoms with van der Waals surface area (Å²) < 4.78 is 0. The number of anilines is 1. The van der Waals surface area contributed by atoms with Gasteiger partial charge in [-0.3, -0.25) is 14.4 Å². The quantitative estimate of drug-likeness (QED) is 0.620. The molecule has 1 aliphatic carbocycles. The molecule has 0 aliphatic heterocycles. The number of nitrogens with zero attached hydrogens (tertiary/aromatic N) is 1. The van der Waals surface area contributed by atoms with E-state index in [4.69, 9.17) is 0 Å². The number of amides is 3. The van der Waals surface area contributed by atoms with Gasteiger partial charge in [0.15, 0.2) is 0 Å². The van der Waals surface area contributed by atoms with Crippen LogP contribution in [0.2, 0.25) is 0 Å². The molecular formula is C25H25N3O3. The van der Waals surface area contributed by atoms with Crippen LogP contribution in [0.5, 0.6) is 0 Å². The van der Waals surface area contributed by atoms with E-state index >= 15 is 0 Å². The Morgan fingerprint density at radius 1 is 0.935 bits per heavy atom. The van der Waals surface area contributed by atoms with E-state index in [1.54, 1.807) is 17.0 Å². The normalized spacial score (nSPS) is 12.9. The molecule has 1 saturated carbocycles. The highest BCUT2D eigenvalue weighted by atomic mass is 16.2. The lowest BCUT2D eigenvalue weighted by Crippen LogP contribution is -2.44. The third-order valence-electron chi connectivity index (χ3n) is 5.33. The van der Waals surface area contributed by atoms with E-state index < -0.39 is 0 Å². The summed E-state index contributed by atoms with van der Waals surface area (Å²) >= 11 is 0. The maximum atomic E-state index is 13.3. The van der Waals surface area contributed by atoms with Gasteiger partial charge < -0.3 is 15.5 Å². The van der Waals surface area contributed by atoms with Gasteiger partial charge >= 0.3 is 0 Å². The Labute approximate surface area is 181 Å². The van der Waals surface area contributed by atoms with E-state index in [0.717, 1.165) is 29.2 Å². The fraction of sp³-hybridized carbons (Fsp3) is 0.240. The van der Waals surface area contributed by atoms with Crippen LogP contribution in [0.3, 0.4) is 0 Å². The van der Waals surface area contributed by atoms with Crippen LogP contribution in [-0.2, 0) is 9.59 Å². The SMILES string of the molecule is Cc1cccc(NC(=O)CNC(=O)CN(C(=O)c2cccc3ccccc23)C2CC2)c1. The van der Waals surface area contributed by atoms with Gasteiger partial charge in [0.2, 0.25) is 11.8 Å². The van der Waals surface area contributed by atoms with Gasteiger partial charge in [-0.05, 0) is 54.3 Å². The van der Waals surface area contributed by atoms with Crippen LogP contribution in [0.4, 0.5) is 5.69 Å². The van der Waals surface area contributed by atoms with E-state index in [9.17, 15) is 14.4 Å². The van der Waals surface area contributed by atoms with Crippen molar-refractivity contribution in [1.82, 2.24) is 10.2 Å². The molecule has 158 valence electrons. The van der Waals surface area contributed by atoms with Gasteiger partial charge in [0, 0.05) is 17.3 Å². The first kappa shape index (κ1) is 20.6. The van der Waals surface area contributed by atoms with Gasteiger partial charge in [-0.25, -0.2) is 0 Å². The molecule has 0 atom stereocenters. The van der Waals surface area contributed by atoms with Crippen LogP contribution in [0, 0.1) is 6.92 Å². The van der Waals surface area contributed by atoms with Crippen LogP contribution < -0.4 is 10.6 Å². The largest absolute Gasteiger partial charge is 0.345 e. The lowest BCUT2D eigenvalue weighted by molar-refractivity contribution is -0.124. The van der Waals surface area contributed by atoms with Crippen LogP contribution in [0.25, 0.3) is 10.8 Å². The van der Waals surface area contributed by atoms with E-state index in [0.29, 0.717) is 11.3 Å². The zero-order chi connectivity index (χ0) is 21.8. The number of fused-ring (bicyclic) bond motifs is 1. The second-order valence-electron chi connectivity index (χ2n) is 7.89. The second-order valence-corrected chi connectivity index (χ2v) is 7.89. The third kappa shape index (κ3) is 5.09. The Hall–Kier alpha value is -3.67. The Bertz CT molecular complexity index is 1130. The topological polar surface area (TPSA) is 78.5 Å². The molecule has 0 spiro atoms. The molecule has 4 rings (SSSR count). The average molecular weight is 415 g/mol. The van der Waals surface area contributed by atoms with Crippen LogP contribution in [-0.4, -0.2) is 41.8 Å². The summed E-state index contributed by atoms with van der Waals surface area (Å²) in [7, 11) is 0. The summed E-state index contributed by atoms with van der Waals surface area (Å²) in [5.74, 6) is -0.809. The van der Waals surface area contributed by atoms with E-state index in [1.165, 1.54) is 0 Å². The minimum Gasteiger partial charge on any atom is -0.345 e. The molecule has 6 nitrogen and oxygen atoms in total. The minimum atomic E-state index is -0.347. The second kappa shape index (κ2) is 9.00. The number of benzene rings is 3. The number of aryl methyl sites for hydroxylation is 1. The molecule has 6 heteroatoms. The number of nitrogens with one attached hydrogen (secondary N) is 2. The summed E-state index contributed by atoms with van der Waals surface area (Å²) in [5, 5.41) is 7.25. The summed E-state index contributed by atoms with van der Waals surface area (Å²) in [6.45, 7) is 1.73. The van der Waals surface area contributed by atoms with Crippen molar-refractivity contribution in [2.75, 3.05) is 18.4 Å². The molecule has 3 aromatic rings. The van der Waals surface area contributed by atoms with Gasteiger partial charge in [-0.1, -0.05) is 48.5 Å². The highest BCUT2D eigenvalue weighted by molar-refractivity contribution is 6.08. The monoisotopic (exact) mass is 415 g/mol. The molecule has 3 aromatic carbocycles. The number of hydrogen-bond acceptors (Lipinski definition) is 3. The summed E-state index contributed by atoms with van der Waals surface area (Å²) in [4.78, 5) is 39.5. The molecule has 1 aliphatic rings. The van der Waals surface area contributed by atoms with Crippen LogP contribution in [0.1, 0.15) is 28.8 Å². The molecule has 0 heterocycles. The average Bonchev–Trinajstić information content (AvgIpc) is 3.60. The van der Waals surface area contributed by atoms with Gasteiger partial charge in [0.05, 0.1) is 6.54 Å². The van der Waals surface area contributed by atoms with Crippen LogP contribution >= 0.6 is 0 Å². The number of carbonyl (C=O) groups excluding carboxylic acids is 3. The molecule has 0 unspecified atom stereocenters. The fourth-order valence-corrected chi connectivity index (χ4v) is 3.64. The molecule has 2 N–H and O–H groups in total. The van der Waals surface area contributed by atoms with Gasteiger partial charge in [0.1, 0.15) is 6.54 Å². The minimum absolute atomic E-state index is 0.0650. The first-order valence-electron chi connectivity index (χ1n) is 10.4. The van der Waals surface area contributed by atoms with Gasteiger partial charge in [-0.15, -0.1) is 0 Å². The van der Waals surface area contributed by atoms with Crippen molar-refractivity contribution in [3.8, 4) is 0 Å². The summed E-state index contributed by atoms with van der Waals surface area (Å²) in [6.07, 6.45) is 1.77. The van der Waals surface area contributed by atoms with Gasteiger partial charge in [0.25, 0.3) is 5.91 Å². The molecule has 0 saturated heterocycles. The lowest BCUT2D eigenvalue weighted by atomic mass is 10.0. The molecule has 0 aromatic heterocycles. The predicted molar refractivity (Wildman–Crippen MR) is 121 cm³/mol. The highest BCUT2D eigenvalue weighted by Crippen LogP contribution is 2.29. The van der Waals surface area contributed by atoms with Crippen molar-refractivity contribution in [3.05, 3.63) is 77.9 Å². The van der Waals surface area contributed by atoms with Crippen molar-refractivity contribution in [3.63, 3.8) is 0 Å². The van der Waals surface area contributed by atoms with Crippen LogP contribution in [0.15, 0.2) is 66.7 Å². The standard InChI is InChI=1S/C25H25N3O3/c1-17-6-4-9-19(14-17)27-23(29)15-26-24(30)16-28(20-12-13-20)25(31)22-11-5-8-18-7-2-3-10-21(18)22/h2-11,14,20H,12-13,15-16H2,1H3,(H,26,30)(H,27,29). The molecule has 3 amide bonds. The first-order valence-corrected chi connectivity index (χ1v) is 10.4. The fourth-order valence-electron chi connectivity index (χ4n) is 3.64.